The van der Waals surface area contributed by atoms with Gasteiger partial charge in [0.05, 0.1) is 29.2 Å². The fourth-order valence-electron chi connectivity index (χ4n) is 4.50. The van der Waals surface area contributed by atoms with Gasteiger partial charge in [-0.05, 0) is 63.3 Å². The van der Waals surface area contributed by atoms with E-state index in [2.05, 4.69) is 13.8 Å². The van der Waals surface area contributed by atoms with Crippen LogP contribution in [0, 0.1) is 11.8 Å². The molecule has 0 saturated heterocycles. The van der Waals surface area contributed by atoms with E-state index in [0.717, 1.165) is 25.7 Å². The van der Waals surface area contributed by atoms with Crippen molar-refractivity contribution in [3.63, 3.8) is 0 Å². The van der Waals surface area contributed by atoms with Crippen LogP contribution in [0.2, 0.25) is 0 Å². The van der Waals surface area contributed by atoms with Crippen LogP contribution in [0.15, 0.2) is 53.3 Å². The Labute approximate surface area is 201 Å². The van der Waals surface area contributed by atoms with E-state index in [4.69, 9.17) is 9.72 Å². The average molecular weight is 462 g/mol. The first-order valence-corrected chi connectivity index (χ1v) is 12.5. The highest BCUT2D eigenvalue weighted by Crippen LogP contribution is 2.33. The van der Waals surface area contributed by atoms with E-state index >= 15 is 0 Å². The first-order chi connectivity index (χ1) is 16.4. The van der Waals surface area contributed by atoms with Crippen LogP contribution in [0.25, 0.3) is 16.6 Å². The molecule has 1 heterocycles. The summed E-state index contributed by atoms with van der Waals surface area (Å²) < 4.78 is 7.52. The van der Waals surface area contributed by atoms with Crippen LogP contribution in [0.4, 0.5) is 0 Å². The Bertz CT molecular complexity index is 1210. The number of ether oxygens (including phenoxy) is 1. The number of amides is 1. The van der Waals surface area contributed by atoms with E-state index in [-0.39, 0.29) is 23.4 Å². The lowest BCUT2D eigenvalue weighted by Gasteiger charge is -2.36. The topological polar surface area (TPSA) is 64.4 Å². The largest absolute Gasteiger partial charge is 0.492 e. The fourth-order valence-corrected chi connectivity index (χ4v) is 4.50. The summed E-state index contributed by atoms with van der Waals surface area (Å²) in [6.45, 7) is 9.38. The third-order valence-electron chi connectivity index (χ3n) is 6.73. The quantitative estimate of drug-likeness (QED) is 0.421. The molecule has 0 aliphatic heterocycles. The van der Waals surface area contributed by atoms with E-state index in [0.29, 0.717) is 47.2 Å². The molecule has 1 atom stereocenters. The monoisotopic (exact) mass is 461 g/mol. The molecule has 0 spiro atoms. The highest BCUT2D eigenvalue weighted by molar-refractivity contribution is 5.81. The van der Waals surface area contributed by atoms with Gasteiger partial charge in [0.2, 0.25) is 5.91 Å². The zero-order chi connectivity index (χ0) is 24.2. The summed E-state index contributed by atoms with van der Waals surface area (Å²) in [5, 5.41) is 0.545. The van der Waals surface area contributed by atoms with E-state index in [1.807, 2.05) is 61.2 Å². The van der Waals surface area contributed by atoms with Crippen LogP contribution >= 0.6 is 0 Å². The molecular formula is C28H35N3O3. The van der Waals surface area contributed by atoms with Gasteiger partial charge in [-0.1, -0.05) is 44.5 Å². The molecule has 1 saturated carbocycles. The van der Waals surface area contributed by atoms with Crippen LogP contribution in [0.5, 0.6) is 5.75 Å². The number of carbonyl (C=O) groups is 1. The first-order valence-electron chi connectivity index (χ1n) is 12.5. The summed E-state index contributed by atoms with van der Waals surface area (Å²) in [6, 6.07) is 14.6. The molecule has 3 aromatic rings. The van der Waals surface area contributed by atoms with Crippen molar-refractivity contribution in [2.75, 3.05) is 13.2 Å². The summed E-state index contributed by atoms with van der Waals surface area (Å²) in [7, 11) is 0. The Morgan fingerprint density at radius 3 is 2.50 bits per heavy atom. The summed E-state index contributed by atoms with van der Waals surface area (Å²) >= 11 is 0. The van der Waals surface area contributed by atoms with Crippen molar-refractivity contribution in [3.05, 3.63) is 64.7 Å². The van der Waals surface area contributed by atoms with Crippen molar-refractivity contribution in [1.82, 2.24) is 14.5 Å². The lowest BCUT2D eigenvalue weighted by atomic mass is 9.84. The molecule has 1 unspecified atom stereocenters. The second kappa shape index (κ2) is 10.4. The molecule has 0 N–H and O–H groups in total. The van der Waals surface area contributed by atoms with E-state index < -0.39 is 0 Å². The molecule has 2 aromatic carbocycles. The smallest absolute Gasteiger partial charge is 0.266 e. The number of nitrogens with zero attached hydrogens (tertiary/aromatic N) is 3. The van der Waals surface area contributed by atoms with Gasteiger partial charge < -0.3 is 9.64 Å². The van der Waals surface area contributed by atoms with Crippen LogP contribution < -0.4 is 10.3 Å². The van der Waals surface area contributed by atoms with Crippen molar-refractivity contribution in [2.24, 2.45) is 11.8 Å². The molecule has 1 aromatic heterocycles. The first kappa shape index (κ1) is 24.0. The molecule has 4 rings (SSSR count). The lowest BCUT2D eigenvalue weighted by molar-refractivity contribution is -0.140. The molecule has 180 valence electrons. The van der Waals surface area contributed by atoms with Crippen molar-refractivity contribution < 1.29 is 9.53 Å². The van der Waals surface area contributed by atoms with Crippen molar-refractivity contribution in [1.29, 1.82) is 0 Å². The third kappa shape index (κ3) is 4.72. The number of hydrogen-bond donors (Lipinski definition) is 0. The summed E-state index contributed by atoms with van der Waals surface area (Å²) in [5.41, 5.74) is 1.13. The maximum absolute atomic E-state index is 13.8. The van der Waals surface area contributed by atoms with Gasteiger partial charge in [-0.2, -0.15) is 0 Å². The second-order valence-corrected chi connectivity index (χ2v) is 9.55. The summed E-state index contributed by atoms with van der Waals surface area (Å²) in [4.78, 5) is 34.2. The Hall–Kier alpha value is -3.15. The highest BCUT2D eigenvalue weighted by Gasteiger charge is 2.34. The zero-order valence-electron chi connectivity index (χ0n) is 20.7. The van der Waals surface area contributed by atoms with Gasteiger partial charge >= 0.3 is 0 Å². The zero-order valence-corrected chi connectivity index (χ0v) is 20.7. The van der Waals surface area contributed by atoms with Gasteiger partial charge in [0.1, 0.15) is 11.6 Å². The molecule has 1 aliphatic rings. The average Bonchev–Trinajstić information content (AvgIpc) is 2.78. The fraction of sp³-hybridized carbons (Fsp3) is 0.464. The van der Waals surface area contributed by atoms with Crippen LogP contribution in [0.1, 0.15) is 65.2 Å². The summed E-state index contributed by atoms with van der Waals surface area (Å²) in [6.07, 6.45) is 3.88. The van der Waals surface area contributed by atoms with Gasteiger partial charge in [0.25, 0.3) is 5.56 Å². The van der Waals surface area contributed by atoms with Gasteiger partial charge in [0, 0.05) is 12.5 Å². The van der Waals surface area contributed by atoms with E-state index in [1.165, 1.54) is 0 Å². The maximum atomic E-state index is 13.8. The number of para-hydroxylation sites is 3. The molecular weight excluding hydrogens is 426 g/mol. The molecule has 6 heteroatoms. The Kier molecular flexibility index (Phi) is 7.35. The highest BCUT2D eigenvalue weighted by atomic mass is 16.5. The number of carbonyl (C=O) groups excluding carboxylic acids is 1. The van der Waals surface area contributed by atoms with Gasteiger partial charge in [0.15, 0.2) is 0 Å². The predicted molar refractivity (Wildman–Crippen MR) is 135 cm³/mol. The molecule has 0 bridgehead atoms. The van der Waals surface area contributed by atoms with Crippen LogP contribution in [0.3, 0.4) is 0 Å². The lowest BCUT2D eigenvalue weighted by Crippen LogP contribution is -2.43. The Morgan fingerprint density at radius 2 is 1.82 bits per heavy atom. The molecule has 1 aliphatic carbocycles. The number of aromatic nitrogens is 2. The normalized spacial score (nSPS) is 14.7. The SMILES string of the molecule is CCOc1ccccc1-n1c(C(C)N(CCC(C)C)C(=O)C2CCC2)nc2ccccc2c1=O. The van der Waals surface area contributed by atoms with Crippen molar-refractivity contribution in [3.8, 4) is 11.4 Å². The molecule has 0 radical (unpaired) electrons. The number of benzene rings is 2. The van der Waals surface area contributed by atoms with Gasteiger partial charge in [-0.3, -0.25) is 14.2 Å². The minimum absolute atomic E-state index is 0.0750. The Balaban J connectivity index is 1.90. The molecule has 1 fully saturated rings. The molecule has 6 nitrogen and oxygen atoms in total. The predicted octanol–water partition coefficient (Wildman–Crippen LogP) is 5.52. The number of hydrogen-bond acceptors (Lipinski definition) is 4. The summed E-state index contributed by atoms with van der Waals surface area (Å²) in [5.74, 6) is 1.90. The van der Waals surface area contributed by atoms with E-state index in [1.54, 1.807) is 10.6 Å². The van der Waals surface area contributed by atoms with Gasteiger partial charge in [-0.25, -0.2) is 4.98 Å². The third-order valence-corrected chi connectivity index (χ3v) is 6.73. The van der Waals surface area contributed by atoms with Crippen LogP contribution in [-0.4, -0.2) is 33.5 Å². The maximum Gasteiger partial charge on any atom is 0.266 e. The number of rotatable bonds is 9. The van der Waals surface area contributed by atoms with Crippen molar-refractivity contribution in [2.45, 2.75) is 59.4 Å². The van der Waals surface area contributed by atoms with Crippen molar-refractivity contribution >= 4 is 16.8 Å². The van der Waals surface area contributed by atoms with Crippen LogP contribution in [-0.2, 0) is 4.79 Å². The van der Waals surface area contributed by atoms with E-state index in [9.17, 15) is 9.59 Å². The van der Waals surface area contributed by atoms with Gasteiger partial charge in [-0.15, -0.1) is 0 Å². The Morgan fingerprint density at radius 1 is 1.12 bits per heavy atom. The standard InChI is InChI=1S/C28H35N3O3/c1-5-34-25-16-9-8-15-24(25)31-26(29-23-14-7-6-13-22(23)28(31)33)20(4)30(18-17-19(2)3)27(32)21-11-10-12-21/h6-9,13-16,19-21H,5,10-12,17-18H2,1-4H3. The second-order valence-electron chi connectivity index (χ2n) is 9.55. The number of fused-ring (bicyclic) bond motifs is 1. The minimum atomic E-state index is -0.362. The molecule has 1 amide bonds. The minimum Gasteiger partial charge on any atom is -0.492 e. The molecule has 34 heavy (non-hydrogen) atoms.